The van der Waals surface area contributed by atoms with Gasteiger partial charge in [-0.25, -0.2) is 4.39 Å². The highest BCUT2D eigenvalue weighted by Gasteiger charge is 2.23. The van der Waals surface area contributed by atoms with Crippen LogP contribution in [0.5, 0.6) is 11.5 Å². The normalized spacial score (nSPS) is 16.1. The van der Waals surface area contributed by atoms with E-state index in [4.69, 9.17) is 9.57 Å². The number of benzene rings is 2. The molecule has 138 valence electrons. The Hall–Kier alpha value is -3.15. The van der Waals surface area contributed by atoms with Crippen molar-refractivity contribution in [1.82, 2.24) is 9.78 Å². The van der Waals surface area contributed by atoms with Crippen LogP contribution in [0.1, 0.15) is 23.4 Å². The number of ether oxygens (including phenoxy) is 1. The van der Waals surface area contributed by atoms with Crippen LogP contribution in [0.4, 0.5) is 4.39 Å². The molecular formula is C21H20FN3O2. The van der Waals surface area contributed by atoms with E-state index in [1.54, 1.807) is 12.1 Å². The minimum atomic E-state index is -0.290. The van der Waals surface area contributed by atoms with E-state index < -0.39 is 0 Å². The minimum Gasteiger partial charge on any atom is -0.457 e. The van der Waals surface area contributed by atoms with E-state index in [1.165, 1.54) is 12.1 Å². The molecule has 2 aromatic carbocycles. The van der Waals surface area contributed by atoms with Gasteiger partial charge >= 0.3 is 0 Å². The molecule has 0 unspecified atom stereocenters. The summed E-state index contributed by atoms with van der Waals surface area (Å²) in [4.78, 5) is 5.60. The second kappa shape index (κ2) is 7.23. The predicted octanol–water partition coefficient (Wildman–Crippen LogP) is 4.62. The lowest BCUT2D eigenvalue weighted by Gasteiger charge is -2.10. The predicted molar refractivity (Wildman–Crippen MR) is 101 cm³/mol. The SMILES string of the molecule is Cc1cc(C)n(C[C@H]2CC(c3cccc(Oc4ccc(F)cc4)c3)=NO2)n1. The Bertz CT molecular complexity index is 979. The maximum absolute atomic E-state index is 13.0. The Morgan fingerprint density at radius 2 is 1.93 bits per heavy atom. The van der Waals surface area contributed by atoms with Gasteiger partial charge in [0.2, 0.25) is 0 Å². The van der Waals surface area contributed by atoms with Crippen molar-refractivity contribution in [3.63, 3.8) is 0 Å². The van der Waals surface area contributed by atoms with Crippen LogP contribution in [-0.2, 0) is 11.4 Å². The Labute approximate surface area is 157 Å². The molecule has 0 amide bonds. The number of aryl methyl sites for hydroxylation is 2. The Balaban J connectivity index is 1.43. The third-order valence-electron chi connectivity index (χ3n) is 4.43. The molecule has 1 aliphatic rings. The third-order valence-corrected chi connectivity index (χ3v) is 4.43. The van der Waals surface area contributed by atoms with Gasteiger partial charge in [-0.3, -0.25) is 4.68 Å². The topological polar surface area (TPSA) is 48.6 Å². The summed E-state index contributed by atoms with van der Waals surface area (Å²) in [6, 6.07) is 15.7. The van der Waals surface area contributed by atoms with E-state index in [-0.39, 0.29) is 11.9 Å². The van der Waals surface area contributed by atoms with E-state index in [1.807, 2.05) is 48.9 Å². The van der Waals surface area contributed by atoms with E-state index in [2.05, 4.69) is 10.3 Å². The Kier molecular flexibility index (Phi) is 4.62. The monoisotopic (exact) mass is 365 g/mol. The molecule has 0 saturated carbocycles. The summed E-state index contributed by atoms with van der Waals surface area (Å²) in [6.07, 6.45) is 0.665. The molecule has 0 radical (unpaired) electrons. The van der Waals surface area contributed by atoms with Crippen LogP contribution in [0.2, 0.25) is 0 Å². The van der Waals surface area contributed by atoms with Crippen molar-refractivity contribution in [2.24, 2.45) is 5.16 Å². The molecule has 0 bridgehead atoms. The van der Waals surface area contributed by atoms with Crippen LogP contribution in [0.15, 0.2) is 59.8 Å². The molecule has 27 heavy (non-hydrogen) atoms. The Morgan fingerprint density at radius 3 is 2.67 bits per heavy atom. The van der Waals surface area contributed by atoms with Crippen LogP contribution < -0.4 is 4.74 Å². The van der Waals surface area contributed by atoms with Gasteiger partial charge in [-0.15, -0.1) is 0 Å². The van der Waals surface area contributed by atoms with Crippen molar-refractivity contribution in [1.29, 1.82) is 0 Å². The molecule has 4 rings (SSSR count). The van der Waals surface area contributed by atoms with Gasteiger partial charge in [0.1, 0.15) is 17.3 Å². The fourth-order valence-corrected chi connectivity index (χ4v) is 3.13. The number of nitrogens with zero attached hydrogens (tertiary/aromatic N) is 3. The minimum absolute atomic E-state index is 0.0420. The summed E-state index contributed by atoms with van der Waals surface area (Å²) < 4.78 is 20.8. The van der Waals surface area contributed by atoms with Crippen molar-refractivity contribution in [2.75, 3.05) is 0 Å². The molecule has 2 heterocycles. The van der Waals surface area contributed by atoms with Crippen molar-refractivity contribution in [3.05, 3.63) is 77.4 Å². The summed E-state index contributed by atoms with van der Waals surface area (Å²) in [5.74, 6) is 0.964. The van der Waals surface area contributed by atoms with E-state index in [0.29, 0.717) is 24.5 Å². The van der Waals surface area contributed by atoms with Crippen LogP contribution in [0, 0.1) is 19.7 Å². The van der Waals surface area contributed by atoms with Crippen molar-refractivity contribution >= 4 is 5.71 Å². The van der Waals surface area contributed by atoms with Gasteiger partial charge < -0.3 is 9.57 Å². The molecule has 0 spiro atoms. The standard InChI is InChI=1S/C21H20FN3O2/c1-14-10-15(2)25(23-14)13-20-12-21(24-27-20)16-4-3-5-19(11-16)26-18-8-6-17(22)7-9-18/h3-11,20H,12-13H2,1-2H3/t20-/m1/s1. The number of hydrogen-bond donors (Lipinski definition) is 0. The molecular weight excluding hydrogens is 345 g/mol. The highest BCUT2D eigenvalue weighted by Crippen LogP contribution is 2.25. The average molecular weight is 365 g/mol. The molecule has 1 aromatic heterocycles. The van der Waals surface area contributed by atoms with Gasteiger partial charge in [0.25, 0.3) is 0 Å². The number of halogens is 1. The molecule has 1 atom stereocenters. The molecule has 0 N–H and O–H groups in total. The highest BCUT2D eigenvalue weighted by molar-refractivity contribution is 6.01. The van der Waals surface area contributed by atoms with Gasteiger partial charge in [0.15, 0.2) is 6.10 Å². The zero-order valence-electron chi connectivity index (χ0n) is 15.2. The summed E-state index contributed by atoms with van der Waals surface area (Å²) in [7, 11) is 0. The molecule has 3 aromatic rings. The lowest BCUT2D eigenvalue weighted by Crippen LogP contribution is -2.18. The van der Waals surface area contributed by atoms with Gasteiger partial charge in [-0.05, 0) is 56.3 Å². The maximum atomic E-state index is 13.0. The zero-order valence-corrected chi connectivity index (χ0v) is 15.2. The maximum Gasteiger partial charge on any atom is 0.152 e. The van der Waals surface area contributed by atoms with Gasteiger partial charge in [-0.2, -0.15) is 5.10 Å². The number of aromatic nitrogens is 2. The summed E-state index contributed by atoms with van der Waals surface area (Å²) in [5.41, 5.74) is 3.94. The molecule has 0 fully saturated rings. The van der Waals surface area contributed by atoms with E-state index >= 15 is 0 Å². The quantitative estimate of drug-likeness (QED) is 0.663. The fraction of sp³-hybridized carbons (Fsp3) is 0.238. The largest absolute Gasteiger partial charge is 0.457 e. The smallest absolute Gasteiger partial charge is 0.152 e. The number of oxime groups is 1. The zero-order chi connectivity index (χ0) is 18.8. The lowest BCUT2D eigenvalue weighted by atomic mass is 10.0. The Morgan fingerprint density at radius 1 is 1.11 bits per heavy atom. The first-order valence-corrected chi connectivity index (χ1v) is 8.84. The van der Waals surface area contributed by atoms with Gasteiger partial charge in [0, 0.05) is 17.7 Å². The molecule has 0 saturated heterocycles. The van der Waals surface area contributed by atoms with Gasteiger partial charge in [-0.1, -0.05) is 17.3 Å². The highest BCUT2D eigenvalue weighted by atomic mass is 19.1. The van der Waals surface area contributed by atoms with Crippen molar-refractivity contribution < 1.29 is 14.0 Å². The fourth-order valence-electron chi connectivity index (χ4n) is 3.13. The second-order valence-electron chi connectivity index (χ2n) is 6.66. The van der Waals surface area contributed by atoms with Crippen molar-refractivity contribution in [3.8, 4) is 11.5 Å². The van der Waals surface area contributed by atoms with Crippen molar-refractivity contribution in [2.45, 2.75) is 32.9 Å². The second-order valence-corrected chi connectivity index (χ2v) is 6.66. The summed E-state index contributed by atoms with van der Waals surface area (Å²) in [6.45, 7) is 4.68. The van der Waals surface area contributed by atoms with Crippen LogP contribution in [-0.4, -0.2) is 21.6 Å². The first-order valence-electron chi connectivity index (χ1n) is 8.84. The third kappa shape index (κ3) is 4.00. The molecule has 1 aliphatic heterocycles. The first kappa shape index (κ1) is 17.3. The lowest BCUT2D eigenvalue weighted by molar-refractivity contribution is 0.0692. The average Bonchev–Trinajstić information content (AvgIpc) is 3.24. The number of hydrogen-bond acceptors (Lipinski definition) is 4. The van der Waals surface area contributed by atoms with Crippen LogP contribution in [0.25, 0.3) is 0 Å². The summed E-state index contributed by atoms with van der Waals surface area (Å²) >= 11 is 0. The van der Waals surface area contributed by atoms with E-state index in [0.717, 1.165) is 22.7 Å². The van der Waals surface area contributed by atoms with Crippen LogP contribution in [0.3, 0.4) is 0 Å². The van der Waals surface area contributed by atoms with Crippen LogP contribution >= 0.6 is 0 Å². The first-order chi connectivity index (χ1) is 13.1. The molecule has 0 aliphatic carbocycles. The van der Waals surface area contributed by atoms with Gasteiger partial charge in [0.05, 0.1) is 18.0 Å². The molecule has 5 nitrogen and oxygen atoms in total. The van der Waals surface area contributed by atoms with E-state index in [9.17, 15) is 4.39 Å². The molecule has 6 heteroatoms. The number of rotatable bonds is 5. The summed E-state index contributed by atoms with van der Waals surface area (Å²) in [5, 5.41) is 8.73.